The maximum Gasteiger partial charge on any atom is 0.331 e. The number of rotatable bonds is 3. The topological polar surface area (TPSA) is 57.5 Å². The molecule has 0 radical (unpaired) electrons. The fourth-order valence-corrected chi connectivity index (χ4v) is 2.44. The number of carbonyl (C=O) groups is 1. The molecule has 0 aromatic rings. The summed E-state index contributed by atoms with van der Waals surface area (Å²) >= 11 is 0. The number of carboxylic acids is 1. The molecule has 0 unspecified atom stereocenters. The van der Waals surface area contributed by atoms with Crippen LogP contribution in [0.25, 0.3) is 0 Å². The van der Waals surface area contributed by atoms with E-state index in [2.05, 4.69) is 0 Å². The van der Waals surface area contributed by atoms with E-state index in [-0.39, 0.29) is 12.0 Å². The minimum absolute atomic E-state index is 0.0729. The Morgan fingerprint density at radius 2 is 1.73 bits per heavy atom. The van der Waals surface area contributed by atoms with Crippen molar-refractivity contribution in [1.29, 1.82) is 0 Å². The van der Waals surface area contributed by atoms with E-state index in [9.17, 15) is 9.90 Å². The molecule has 0 amide bonds. The molecule has 1 fully saturated rings. The monoisotopic (exact) mass is 212 g/mol. The van der Waals surface area contributed by atoms with Gasteiger partial charge in [-0.05, 0) is 26.7 Å². The molecule has 1 aliphatic carbocycles. The van der Waals surface area contributed by atoms with Crippen molar-refractivity contribution in [2.24, 2.45) is 5.41 Å². The predicted molar refractivity (Wildman–Crippen MR) is 58.6 cm³/mol. The van der Waals surface area contributed by atoms with Crippen LogP contribution in [0, 0.1) is 5.41 Å². The van der Waals surface area contributed by atoms with Crippen molar-refractivity contribution in [3.63, 3.8) is 0 Å². The molecule has 0 aromatic carbocycles. The zero-order chi connectivity index (χ0) is 11.5. The second-order valence-corrected chi connectivity index (χ2v) is 4.55. The van der Waals surface area contributed by atoms with E-state index in [4.69, 9.17) is 5.11 Å². The molecular weight excluding hydrogens is 192 g/mol. The lowest BCUT2D eigenvalue weighted by atomic mass is 9.69. The Labute approximate surface area is 90.8 Å². The van der Waals surface area contributed by atoms with Crippen LogP contribution in [0.3, 0.4) is 0 Å². The normalized spacial score (nSPS) is 22.1. The Morgan fingerprint density at radius 3 is 2.13 bits per heavy atom. The van der Waals surface area contributed by atoms with Crippen LogP contribution in [-0.2, 0) is 4.79 Å². The standard InChI is InChI=1S/C12H20O3/c1-9(11(14)15)10(2)12(8-13)6-4-3-5-7-12/h13H,3-8H2,1-2H3,(H,14,15). The van der Waals surface area contributed by atoms with Gasteiger partial charge in [-0.1, -0.05) is 24.8 Å². The molecule has 2 N–H and O–H groups in total. The zero-order valence-electron chi connectivity index (χ0n) is 9.55. The van der Waals surface area contributed by atoms with Gasteiger partial charge in [-0.15, -0.1) is 0 Å². The van der Waals surface area contributed by atoms with Crippen molar-refractivity contribution in [2.45, 2.75) is 46.0 Å². The van der Waals surface area contributed by atoms with Crippen LogP contribution in [0.1, 0.15) is 46.0 Å². The van der Waals surface area contributed by atoms with Crippen LogP contribution in [0.2, 0.25) is 0 Å². The first-order chi connectivity index (χ1) is 7.03. The zero-order valence-corrected chi connectivity index (χ0v) is 9.55. The fourth-order valence-electron chi connectivity index (χ4n) is 2.44. The van der Waals surface area contributed by atoms with Crippen molar-refractivity contribution in [3.05, 3.63) is 11.1 Å². The summed E-state index contributed by atoms with van der Waals surface area (Å²) in [6.07, 6.45) is 5.21. The van der Waals surface area contributed by atoms with E-state index in [1.807, 2.05) is 6.92 Å². The average Bonchev–Trinajstić information content (AvgIpc) is 2.27. The first-order valence-corrected chi connectivity index (χ1v) is 5.55. The van der Waals surface area contributed by atoms with Crippen LogP contribution in [0.5, 0.6) is 0 Å². The van der Waals surface area contributed by atoms with Crippen molar-refractivity contribution >= 4 is 5.97 Å². The summed E-state index contributed by atoms with van der Waals surface area (Å²) in [6.45, 7) is 3.55. The van der Waals surface area contributed by atoms with Gasteiger partial charge < -0.3 is 10.2 Å². The van der Waals surface area contributed by atoms with Crippen molar-refractivity contribution < 1.29 is 15.0 Å². The summed E-state index contributed by atoms with van der Waals surface area (Å²) in [4.78, 5) is 10.9. The highest BCUT2D eigenvalue weighted by atomic mass is 16.4. The lowest BCUT2D eigenvalue weighted by molar-refractivity contribution is -0.132. The van der Waals surface area contributed by atoms with Gasteiger partial charge in [0.05, 0.1) is 6.61 Å². The minimum atomic E-state index is -0.870. The Kier molecular flexibility index (Phi) is 3.91. The molecule has 0 spiro atoms. The number of hydrogen-bond donors (Lipinski definition) is 2. The number of aliphatic hydroxyl groups is 1. The quantitative estimate of drug-likeness (QED) is 0.706. The lowest BCUT2D eigenvalue weighted by Crippen LogP contribution is -2.31. The molecule has 1 aliphatic rings. The third-order valence-corrected chi connectivity index (χ3v) is 3.79. The van der Waals surface area contributed by atoms with Gasteiger partial charge in [-0.3, -0.25) is 0 Å². The van der Waals surface area contributed by atoms with Crippen molar-refractivity contribution in [2.75, 3.05) is 6.61 Å². The molecule has 0 heterocycles. The highest BCUT2D eigenvalue weighted by Crippen LogP contribution is 2.42. The van der Waals surface area contributed by atoms with Gasteiger partial charge in [0.15, 0.2) is 0 Å². The largest absolute Gasteiger partial charge is 0.478 e. The molecule has 0 bridgehead atoms. The highest BCUT2D eigenvalue weighted by Gasteiger charge is 2.34. The van der Waals surface area contributed by atoms with Gasteiger partial charge >= 0.3 is 5.97 Å². The van der Waals surface area contributed by atoms with Crippen LogP contribution in [0.15, 0.2) is 11.1 Å². The van der Waals surface area contributed by atoms with E-state index in [1.165, 1.54) is 6.42 Å². The molecule has 1 rings (SSSR count). The summed E-state index contributed by atoms with van der Waals surface area (Å²) in [5.74, 6) is -0.870. The van der Waals surface area contributed by atoms with Gasteiger partial charge in [0.1, 0.15) is 0 Å². The Balaban J connectivity index is 2.99. The summed E-state index contributed by atoms with van der Waals surface area (Å²) < 4.78 is 0. The van der Waals surface area contributed by atoms with E-state index in [0.717, 1.165) is 31.3 Å². The molecule has 1 saturated carbocycles. The SMILES string of the molecule is CC(C(=O)O)=C(C)C1(CO)CCCCC1. The predicted octanol–water partition coefficient (Wildman–Crippen LogP) is 2.35. The number of aliphatic carboxylic acids is 1. The minimum Gasteiger partial charge on any atom is -0.478 e. The molecule has 15 heavy (non-hydrogen) atoms. The molecule has 3 heteroatoms. The molecule has 0 saturated heterocycles. The summed E-state index contributed by atoms with van der Waals surface area (Å²) in [5.41, 5.74) is 0.990. The van der Waals surface area contributed by atoms with Crippen LogP contribution in [-0.4, -0.2) is 22.8 Å². The van der Waals surface area contributed by atoms with Gasteiger partial charge in [0, 0.05) is 11.0 Å². The van der Waals surface area contributed by atoms with Gasteiger partial charge in [0.2, 0.25) is 0 Å². The second-order valence-electron chi connectivity index (χ2n) is 4.55. The maximum atomic E-state index is 10.9. The smallest absolute Gasteiger partial charge is 0.331 e. The molecule has 3 nitrogen and oxygen atoms in total. The highest BCUT2D eigenvalue weighted by molar-refractivity contribution is 5.87. The van der Waals surface area contributed by atoms with Crippen molar-refractivity contribution in [3.8, 4) is 0 Å². The fraction of sp³-hybridized carbons (Fsp3) is 0.750. The Morgan fingerprint density at radius 1 is 1.20 bits per heavy atom. The number of hydrogen-bond acceptors (Lipinski definition) is 2. The van der Waals surface area contributed by atoms with Gasteiger partial charge in [-0.2, -0.15) is 0 Å². The van der Waals surface area contributed by atoms with E-state index in [0.29, 0.717) is 5.57 Å². The van der Waals surface area contributed by atoms with Crippen LogP contribution < -0.4 is 0 Å². The first kappa shape index (κ1) is 12.2. The molecule has 86 valence electrons. The summed E-state index contributed by atoms with van der Waals surface area (Å²) in [7, 11) is 0. The van der Waals surface area contributed by atoms with Gasteiger partial charge in [0.25, 0.3) is 0 Å². The van der Waals surface area contributed by atoms with E-state index in [1.54, 1.807) is 6.92 Å². The van der Waals surface area contributed by atoms with Gasteiger partial charge in [-0.25, -0.2) is 4.79 Å². The first-order valence-electron chi connectivity index (χ1n) is 5.55. The lowest BCUT2D eigenvalue weighted by Gasteiger charge is -2.37. The molecule has 0 aromatic heterocycles. The average molecular weight is 212 g/mol. The second kappa shape index (κ2) is 4.79. The van der Waals surface area contributed by atoms with Crippen molar-refractivity contribution in [1.82, 2.24) is 0 Å². The third-order valence-electron chi connectivity index (χ3n) is 3.79. The summed E-state index contributed by atoms with van der Waals surface area (Å²) in [6, 6.07) is 0. The van der Waals surface area contributed by atoms with Crippen LogP contribution >= 0.6 is 0 Å². The number of carboxylic acid groups (broad SMARTS) is 1. The Hall–Kier alpha value is -0.830. The molecular formula is C12H20O3. The maximum absolute atomic E-state index is 10.9. The van der Waals surface area contributed by atoms with E-state index < -0.39 is 5.97 Å². The third kappa shape index (κ3) is 2.40. The number of aliphatic hydroxyl groups excluding tert-OH is 1. The molecule has 0 aliphatic heterocycles. The Bertz CT molecular complexity index is 273. The summed E-state index contributed by atoms with van der Waals surface area (Å²) in [5, 5.41) is 18.5. The van der Waals surface area contributed by atoms with Crippen LogP contribution in [0.4, 0.5) is 0 Å². The van der Waals surface area contributed by atoms with E-state index >= 15 is 0 Å². The molecule has 0 atom stereocenters.